The second kappa shape index (κ2) is 6.96. The van der Waals surface area contributed by atoms with Crippen molar-refractivity contribution in [1.82, 2.24) is 5.32 Å². The summed E-state index contributed by atoms with van der Waals surface area (Å²) in [6, 6.07) is 7.72. The Kier molecular flexibility index (Phi) is 5.26. The van der Waals surface area contributed by atoms with Crippen LogP contribution in [0.4, 0.5) is 13.2 Å². The van der Waals surface area contributed by atoms with Crippen LogP contribution in [0.25, 0.3) is 0 Å². The SMILES string of the molecule is CCCNC(c1ccc(Cl)cc1)c1cc(F)c(F)cc1F. The Balaban J connectivity index is 2.45. The monoisotopic (exact) mass is 313 g/mol. The topological polar surface area (TPSA) is 12.0 Å². The molecular formula is C16H15ClF3N. The van der Waals surface area contributed by atoms with Crippen molar-refractivity contribution in [2.45, 2.75) is 19.4 Å². The summed E-state index contributed by atoms with van der Waals surface area (Å²) in [7, 11) is 0. The average Bonchev–Trinajstić information content (AvgIpc) is 2.46. The Morgan fingerprint density at radius 2 is 1.62 bits per heavy atom. The fraction of sp³-hybridized carbons (Fsp3) is 0.250. The van der Waals surface area contributed by atoms with E-state index in [1.165, 1.54) is 0 Å². The Hall–Kier alpha value is -1.52. The highest BCUT2D eigenvalue weighted by Crippen LogP contribution is 2.27. The number of nitrogens with one attached hydrogen (secondary N) is 1. The molecule has 0 radical (unpaired) electrons. The van der Waals surface area contributed by atoms with Crippen LogP contribution in [0, 0.1) is 17.5 Å². The molecule has 2 rings (SSSR count). The van der Waals surface area contributed by atoms with E-state index in [9.17, 15) is 13.2 Å². The van der Waals surface area contributed by atoms with Crippen molar-refractivity contribution >= 4 is 11.6 Å². The van der Waals surface area contributed by atoms with E-state index < -0.39 is 23.5 Å². The van der Waals surface area contributed by atoms with E-state index in [1.54, 1.807) is 24.3 Å². The molecule has 0 bridgehead atoms. The number of benzene rings is 2. The Labute approximate surface area is 126 Å². The normalized spacial score (nSPS) is 12.4. The van der Waals surface area contributed by atoms with E-state index in [4.69, 9.17) is 11.6 Å². The molecule has 112 valence electrons. The van der Waals surface area contributed by atoms with Gasteiger partial charge in [0.15, 0.2) is 11.6 Å². The minimum atomic E-state index is -1.19. The molecule has 0 saturated heterocycles. The minimum Gasteiger partial charge on any atom is -0.306 e. The predicted octanol–water partition coefficient (Wildman–Crippen LogP) is 4.85. The van der Waals surface area contributed by atoms with Crippen molar-refractivity contribution in [3.63, 3.8) is 0 Å². The van der Waals surface area contributed by atoms with Gasteiger partial charge in [0.05, 0.1) is 6.04 Å². The van der Waals surface area contributed by atoms with Crippen LogP contribution in [0.5, 0.6) is 0 Å². The molecule has 0 amide bonds. The molecule has 0 aliphatic carbocycles. The summed E-state index contributed by atoms with van der Waals surface area (Å²) >= 11 is 5.84. The molecule has 0 fully saturated rings. The van der Waals surface area contributed by atoms with Crippen molar-refractivity contribution in [3.05, 3.63) is 70.0 Å². The summed E-state index contributed by atoms with van der Waals surface area (Å²) < 4.78 is 40.5. The van der Waals surface area contributed by atoms with Gasteiger partial charge in [-0.1, -0.05) is 30.7 Å². The number of rotatable bonds is 5. The van der Waals surface area contributed by atoms with Crippen LogP contribution < -0.4 is 5.32 Å². The molecule has 0 saturated carbocycles. The lowest BCUT2D eigenvalue weighted by molar-refractivity contribution is 0.479. The lowest BCUT2D eigenvalue weighted by Crippen LogP contribution is -2.24. The third-order valence-electron chi connectivity index (χ3n) is 3.15. The van der Waals surface area contributed by atoms with Crippen molar-refractivity contribution in [1.29, 1.82) is 0 Å². The van der Waals surface area contributed by atoms with Gasteiger partial charge in [0.1, 0.15) is 5.82 Å². The maximum absolute atomic E-state index is 14.0. The zero-order valence-corrected chi connectivity index (χ0v) is 12.2. The van der Waals surface area contributed by atoms with Crippen LogP contribution in [0.1, 0.15) is 30.5 Å². The summed E-state index contributed by atoms with van der Waals surface area (Å²) in [5.74, 6) is -3.04. The van der Waals surface area contributed by atoms with E-state index in [1.807, 2.05) is 6.92 Å². The molecule has 1 N–H and O–H groups in total. The molecule has 1 unspecified atom stereocenters. The van der Waals surface area contributed by atoms with Crippen LogP contribution in [-0.4, -0.2) is 6.54 Å². The molecule has 2 aromatic rings. The van der Waals surface area contributed by atoms with Crippen LogP contribution in [0.3, 0.4) is 0 Å². The van der Waals surface area contributed by atoms with E-state index in [-0.39, 0.29) is 5.56 Å². The van der Waals surface area contributed by atoms with Gasteiger partial charge in [0.2, 0.25) is 0 Å². The first-order valence-corrected chi connectivity index (χ1v) is 7.04. The molecule has 0 heterocycles. The molecule has 1 atom stereocenters. The van der Waals surface area contributed by atoms with E-state index in [2.05, 4.69) is 5.32 Å². The van der Waals surface area contributed by atoms with Gasteiger partial charge in [-0.15, -0.1) is 0 Å². The van der Waals surface area contributed by atoms with Crippen molar-refractivity contribution in [3.8, 4) is 0 Å². The highest BCUT2D eigenvalue weighted by Gasteiger charge is 2.20. The Morgan fingerprint density at radius 1 is 1.00 bits per heavy atom. The second-order valence-corrected chi connectivity index (χ2v) is 5.16. The zero-order chi connectivity index (χ0) is 15.4. The summed E-state index contributed by atoms with van der Waals surface area (Å²) in [5.41, 5.74) is 0.808. The average molecular weight is 314 g/mol. The van der Waals surface area contributed by atoms with E-state index >= 15 is 0 Å². The molecule has 1 nitrogen and oxygen atoms in total. The molecule has 0 aliphatic heterocycles. The summed E-state index contributed by atoms with van der Waals surface area (Å²) in [6.07, 6.45) is 0.829. The quantitative estimate of drug-likeness (QED) is 0.778. The fourth-order valence-corrected chi connectivity index (χ4v) is 2.24. The van der Waals surface area contributed by atoms with Gasteiger partial charge < -0.3 is 5.32 Å². The van der Waals surface area contributed by atoms with Crippen LogP contribution in [0.2, 0.25) is 5.02 Å². The van der Waals surface area contributed by atoms with Crippen molar-refractivity contribution in [2.75, 3.05) is 6.54 Å². The molecule has 0 aromatic heterocycles. The first kappa shape index (κ1) is 15.9. The van der Waals surface area contributed by atoms with Gasteiger partial charge in [0, 0.05) is 16.7 Å². The summed E-state index contributed by atoms with van der Waals surface area (Å²) in [4.78, 5) is 0. The van der Waals surface area contributed by atoms with Gasteiger partial charge in [0.25, 0.3) is 0 Å². The molecule has 0 aliphatic rings. The van der Waals surface area contributed by atoms with Gasteiger partial charge >= 0.3 is 0 Å². The molecule has 2 aromatic carbocycles. The largest absolute Gasteiger partial charge is 0.306 e. The predicted molar refractivity (Wildman–Crippen MR) is 77.9 cm³/mol. The van der Waals surface area contributed by atoms with Crippen LogP contribution >= 0.6 is 11.6 Å². The van der Waals surface area contributed by atoms with E-state index in [0.717, 1.165) is 18.1 Å². The molecule has 21 heavy (non-hydrogen) atoms. The maximum Gasteiger partial charge on any atom is 0.161 e. The van der Waals surface area contributed by atoms with Gasteiger partial charge in [-0.25, -0.2) is 13.2 Å². The summed E-state index contributed by atoms with van der Waals surface area (Å²) in [6.45, 7) is 2.58. The number of hydrogen-bond donors (Lipinski definition) is 1. The van der Waals surface area contributed by atoms with Gasteiger partial charge in [-0.05, 0) is 36.7 Å². The van der Waals surface area contributed by atoms with Crippen molar-refractivity contribution < 1.29 is 13.2 Å². The zero-order valence-electron chi connectivity index (χ0n) is 11.5. The van der Waals surface area contributed by atoms with Crippen LogP contribution in [-0.2, 0) is 0 Å². The smallest absolute Gasteiger partial charge is 0.161 e. The highest BCUT2D eigenvalue weighted by molar-refractivity contribution is 6.30. The summed E-state index contributed by atoms with van der Waals surface area (Å²) in [5, 5.41) is 3.69. The molecular weight excluding hydrogens is 299 g/mol. The first-order valence-electron chi connectivity index (χ1n) is 6.66. The van der Waals surface area contributed by atoms with Gasteiger partial charge in [-0.3, -0.25) is 0 Å². The third kappa shape index (κ3) is 3.77. The lowest BCUT2D eigenvalue weighted by atomic mass is 9.97. The van der Waals surface area contributed by atoms with Crippen molar-refractivity contribution in [2.24, 2.45) is 0 Å². The molecule has 5 heteroatoms. The standard InChI is InChI=1S/C16H15ClF3N/c1-2-7-21-16(10-3-5-11(17)6-4-10)12-8-14(19)15(20)9-13(12)18/h3-6,8-9,16,21H,2,7H2,1H3. The first-order chi connectivity index (χ1) is 10.0. The number of halogens is 4. The van der Waals surface area contributed by atoms with Crippen LogP contribution in [0.15, 0.2) is 36.4 Å². The highest BCUT2D eigenvalue weighted by atomic mass is 35.5. The Bertz CT molecular complexity index is 614. The third-order valence-corrected chi connectivity index (χ3v) is 3.40. The fourth-order valence-electron chi connectivity index (χ4n) is 2.11. The number of hydrogen-bond acceptors (Lipinski definition) is 1. The van der Waals surface area contributed by atoms with Gasteiger partial charge in [-0.2, -0.15) is 0 Å². The maximum atomic E-state index is 14.0. The Morgan fingerprint density at radius 3 is 2.24 bits per heavy atom. The van der Waals surface area contributed by atoms with E-state index in [0.29, 0.717) is 17.6 Å². The minimum absolute atomic E-state index is 0.0738. The lowest BCUT2D eigenvalue weighted by Gasteiger charge is -2.20. The second-order valence-electron chi connectivity index (χ2n) is 4.73. The molecule has 0 spiro atoms.